The van der Waals surface area contributed by atoms with Gasteiger partial charge < -0.3 is 4.74 Å². The summed E-state index contributed by atoms with van der Waals surface area (Å²) in [5.74, 6) is -0.316. The van der Waals surface area contributed by atoms with Crippen LogP contribution in [0.3, 0.4) is 0 Å². The highest BCUT2D eigenvalue weighted by atomic mass is 19.1. The zero-order valence-corrected chi connectivity index (χ0v) is 9.54. The fourth-order valence-electron chi connectivity index (χ4n) is 1.43. The van der Waals surface area contributed by atoms with E-state index in [9.17, 15) is 14.5 Å². The number of aromatic nitrogens is 2. The van der Waals surface area contributed by atoms with Crippen LogP contribution in [0.25, 0.3) is 0 Å². The fourth-order valence-corrected chi connectivity index (χ4v) is 1.43. The van der Waals surface area contributed by atoms with E-state index >= 15 is 0 Å². The van der Waals surface area contributed by atoms with Gasteiger partial charge in [0.25, 0.3) is 0 Å². The van der Waals surface area contributed by atoms with Crippen LogP contribution in [0.15, 0.2) is 30.6 Å². The van der Waals surface area contributed by atoms with Crippen molar-refractivity contribution in [2.45, 2.75) is 6.61 Å². The summed E-state index contributed by atoms with van der Waals surface area (Å²) >= 11 is 0. The van der Waals surface area contributed by atoms with Crippen LogP contribution in [0.2, 0.25) is 0 Å². The molecular weight excluding hydrogens is 241 g/mol. The maximum Gasteiger partial charge on any atom is 0.304 e. The second-order valence-electron chi connectivity index (χ2n) is 3.68. The van der Waals surface area contributed by atoms with Crippen molar-refractivity contribution in [1.29, 1.82) is 0 Å². The summed E-state index contributed by atoms with van der Waals surface area (Å²) in [6.45, 7) is 0.126. The maximum absolute atomic E-state index is 13.3. The molecule has 7 heteroatoms. The molecular formula is C11H10FN3O3. The van der Waals surface area contributed by atoms with Gasteiger partial charge in [0.05, 0.1) is 17.3 Å². The number of benzene rings is 1. The van der Waals surface area contributed by atoms with Gasteiger partial charge in [0, 0.05) is 13.1 Å². The molecule has 0 aliphatic rings. The van der Waals surface area contributed by atoms with Crippen molar-refractivity contribution in [3.05, 3.63) is 52.1 Å². The van der Waals surface area contributed by atoms with Gasteiger partial charge in [-0.05, 0) is 17.7 Å². The number of nitro benzene ring substituents is 1. The number of aryl methyl sites for hydroxylation is 1. The molecule has 2 aromatic rings. The Morgan fingerprint density at radius 1 is 1.56 bits per heavy atom. The first-order chi connectivity index (χ1) is 8.56. The summed E-state index contributed by atoms with van der Waals surface area (Å²) in [6.07, 6.45) is 3.20. The summed E-state index contributed by atoms with van der Waals surface area (Å²) in [6, 6.07) is 3.67. The van der Waals surface area contributed by atoms with E-state index in [1.165, 1.54) is 12.3 Å². The fraction of sp³-hybridized carbons (Fsp3) is 0.182. The van der Waals surface area contributed by atoms with Crippen LogP contribution in [0.4, 0.5) is 10.1 Å². The molecule has 0 aliphatic carbocycles. The van der Waals surface area contributed by atoms with Crippen molar-refractivity contribution in [3.8, 4) is 5.75 Å². The second kappa shape index (κ2) is 4.82. The molecule has 0 saturated heterocycles. The molecule has 1 aromatic heterocycles. The lowest BCUT2D eigenvalue weighted by Gasteiger charge is -2.03. The van der Waals surface area contributed by atoms with Gasteiger partial charge in [0.2, 0.25) is 5.82 Å². The molecule has 0 aliphatic heterocycles. The zero-order chi connectivity index (χ0) is 13.1. The summed E-state index contributed by atoms with van der Waals surface area (Å²) in [4.78, 5) is 9.68. The number of hydrogen-bond acceptors (Lipinski definition) is 4. The van der Waals surface area contributed by atoms with Crippen LogP contribution in [0.1, 0.15) is 5.56 Å². The van der Waals surface area contributed by atoms with Crippen molar-refractivity contribution < 1.29 is 14.1 Å². The molecule has 0 atom stereocenters. The first-order valence-electron chi connectivity index (χ1n) is 5.10. The van der Waals surface area contributed by atoms with Crippen LogP contribution in [0.5, 0.6) is 5.75 Å². The molecule has 0 radical (unpaired) electrons. The van der Waals surface area contributed by atoms with Crippen molar-refractivity contribution in [3.63, 3.8) is 0 Å². The Kier molecular flexibility index (Phi) is 3.22. The minimum absolute atomic E-state index is 0.126. The number of ether oxygens (including phenoxy) is 1. The average molecular weight is 251 g/mol. The summed E-state index contributed by atoms with van der Waals surface area (Å²) in [7, 11) is 1.75. The molecule has 0 amide bonds. The summed E-state index contributed by atoms with van der Waals surface area (Å²) in [5.41, 5.74) is -0.0259. The Bertz CT molecular complexity index is 583. The molecule has 2 rings (SSSR count). The molecule has 6 nitrogen and oxygen atoms in total. The number of nitro groups is 1. The van der Waals surface area contributed by atoms with Gasteiger partial charge in [-0.25, -0.2) is 0 Å². The molecule has 0 fully saturated rings. The quantitative estimate of drug-likeness (QED) is 0.616. The Morgan fingerprint density at radius 2 is 2.33 bits per heavy atom. The van der Waals surface area contributed by atoms with Gasteiger partial charge in [-0.15, -0.1) is 0 Å². The van der Waals surface area contributed by atoms with Crippen LogP contribution in [-0.4, -0.2) is 14.7 Å². The highest BCUT2D eigenvalue weighted by Crippen LogP contribution is 2.19. The minimum Gasteiger partial charge on any atom is -0.486 e. The lowest BCUT2D eigenvalue weighted by Crippen LogP contribution is -1.98. The SMILES string of the molecule is Cn1cc(OCc2ccc([N+](=O)[O-])c(F)c2)cn1. The largest absolute Gasteiger partial charge is 0.486 e. The summed E-state index contributed by atoms with van der Waals surface area (Å²) < 4.78 is 20.2. The van der Waals surface area contributed by atoms with Crippen molar-refractivity contribution in [2.75, 3.05) is 0 Å². The van der Waals surface area contributed by atoms with Gasteiger partial charge in [-0.1, -0.05) is 0 Å². The van der Waals surface area contributed by atoms with Gasteiger partial charge in [0.15, 0.2) is 5.75 Å². The van der Waals surface area contributed by atoms with Crippen LogP contribution < -0.4 is 4.74 Å². The first-order valence-corrected chi connectivity index (χ1v) is 5.10. The van der Waals surface area contributed by atoms with E-state index in [0.29, 0.717) is 11.3 Å². The molecule has 0 N–H and O–H groups in total. The second-order valence-corrected chi connectivity index (χ2v) is 3.68. The average Bonchev–Trinajstić information content (AvgIpc) is 2.72. The third-order valence-corrected chi connectivity index (χ3v) is 2.30. The maximum atomic E-state index is 13.3. The van der Waals surface area contributed by atoms with E-state index in [2.05, 4.69) is 5.10 Å². The van der Waals surface area contributed by atoms with E-state index in [-0.39, 0.29) is 6.61 Å². The van der Waals surface area contributed by atoms with Crippen LogP contribution in [-0.2, 0) is 13.7 Å². The van der Waals surface area contributed by atoms with Crippen LogP contribution >= 0.6 is 0 Å². The van der Waals surface area contributed by atoms with Gasteiger partial charge in [-0.3, -0.25) is 14.8 Å². The Balaban J connectivity index is 2.06. The molecule has 1 heterocycles. The molecule has 0 saturated carbocycles. The topological polar surface area (TPSA) is 70.2 Å². The van der Waals surface area contributed by atoms with E-state index in [0.717, 1.165) is 12.1 Å². The standard InChI is InChI=1S/C11H10FN3O3/c1-14-6-9(5-13-14)18-7-8-2-3-11(15(16)17)10(12)4-8/h2-6H,7H2,1H3. The minimum atomic E-state index is -0.868. The lowest BCUT2D eigenvalue weighted by molar-refractivity contribution is -0.387. The van der Waals surface area contributed by atoms with E-state index in [1.807, 2.05) is 0 Å². The normalized spacial score (nSPS) is 10.3. The van der Waals surface area contributed by atoms with Gasteiger partial charge in [-0.2, -0.15) is 9.49 Å². The highest BCUT2D eigenvalue weighted by molar-refractivity contribution is 5.34. The molecule has 0 spiro atoms. The van der Waals surface area contributed by atoms with E-state index < -0.39 is 16.4 Å². The van der Waals surface area contributed by atoms with Crippen molar-refractivity contribution >= 4 is 5.69 Å². The number of nitrogens with zero attached hydrogens (tertiary/aromatic N) is 3. The van der Waals surface area contributed by atoms with E-state index in [4.69, 9.17) is 4.74 Å². The predicted octanol–water partition coefficient (Wildman–Crippen LogP) is 2.05. The molecule has 94 valence electrons. The Labute approximate surface area is 102 Å². The monoisotopic (exact) mass is 251 g/mol. The summed E-state index contributed by atoms with van der Waals surface area (Å²) in [5, 5.41) is 14.4. The van der Waals surface area contributed by atoms with Crippen molar-refractivity contribution in [1.82, 2.24) is 9.78 Å². The van der Waals surface area contributed by atoms with Crippen LogP contribution in [0, 0.1) is 15.9 Å². The van der Waals surface area contributed by atoms with Gasteiger partial charge >= 0.3 is 5.69 Å². The smallest absolute Gasteiger partial charge is 0.304 e. The molecule has 18 heavy (non-hydrogen) atoms. The van der Waals surface area contributed by atoms with Crippen molar-refractivity contribution in [2.24, 2.45) is 7.05 Å². The molecule has 1 aromatic carbocycles. The lowest BCUT2D eigenvalue weighted by atomic mass is 10.2. The number of rotatable bonds is 4. The number of hydrogen-bond donors (Lipinski definition) is 0. The molecule has 0 unspecified atom stereocenters. The van der Waals surface area contributed by atoms with E-state index in [1.54, 1.807) is 17.9 Å². The predicted molar refractivity (Wildman–Crippen MR) is 60.6 cm³/mol. The number of halogens is 1. The Morgan fingerprint density at radius 3 is 2.89 bits per heavy atom. The third kappa shape index (κ3) is 2.62. The first kappa shape index (κ1) is 12.0. The third-order valence-electron chi connectivity index (χ3n) is 2.30. The highest BCUT2D eigenvalue weighted by Gasteiger charge is 2.13. The zero-order valence-electron chi connectivity index (χ0n) is 9.54. The molecule has 0 bridgehead atoms. The van der Waals surface area contributed by atoms with Gasteiger partial charge in [0.1, 0.15) is 6.61 Å². The Hall–Kier alpha value is -2.44.